The van der Waals surface area contributed by atoms with Gasteiger partial charge < -0.3 is 5.32 Å². The van der Waals surface area contributed by atoms with Gasteiger partial charge in [0.2, 0.25) is 0 Å². The van der Waals surface area contributed by atoms with Crippen molar-refractivity contribution in [2.24, 2.45) is 0 Å². The van der Waals surface area contributed by atoms with Crippen LogP contribution in [-0.4, -0.2) is 25.8 Å². The first-order chi connectivity index (χ1) is 9.31. The van der Waals surface area contributed by atoms with Crippen molar-refractivity contribution in [2.45, 2.75) is 45.1 Å². The van der Waals surface area contributed by atoms with Gasteiger partial charge in [-0.15, -0.1) is 0 Å². The molecule has 1 aliphatic rings. The highest BCUT2D eigenvalue weighted by Gasteiger charge is 2.13. The predicted octanol–water partition coefficient (Wildman–Crippen LogP) is 2.72. The zero-order valence-electron chi connectivity index (χ0n) is 11.2. The normalized spacial score (nSPS) is 16.5. The molecule has 19 heavy (non-hydrogen) atoms. The molecule has 5 heteroatoms. The fraction of sp³-hybridized carbons (Fsp3) is 0.500. The molecule has 1 fully saturated rings. The summed E-state index contributed by atoms with van der Waals surface area (Å²) in [5.41, 5.74) is 1.13. The summed E-state index contributed by atoms with van der Waals surface area (Å²) in [5.74, 6) is 1.70. The molecule has 0 aromatic carbocycles. The fourth-order valence-corrected chi connectivity index (χ4v) is 2.55. The van der Waals surface area contributed by atoms with E-state index in [0.717, 1.165) is 17.2 Å². The highest BCUT2D eigenvalue weighted by Crippen LogP contribution is 2.21. The van der Waals surface area contributed by atoms with Gasteiger partial charge in [-0.05, 0) is 25.3 Å². The van der Waals surface area contributed by atoms with Crippen LogP contribution in [0.15, 0.2) is 24.8 Å². The molecule has 2 aromatic heterocycles. The Hall–Kier alpha value is -1.91. The maximum Gasteiger partial charge on any atom is 0.158 e. The molecule has 1 N–H and O–H groups in total. The van der Waals surface area contributed by atoms with E-state index >= 15 is 0 Å². The number of hydrogen-bond donors (Lipinski definition) is 1. The Balaban J connectivity index is 1.75. The summed E-state index contributed by atoms with van der Waals surface area (Å²) in [6.07, 6.45) is 11.8. The van der Waals surface area contributed by atoms with Gasteiger partial charge in [0.05, 0.1) is 6.20 Å². The topological polar surface area (TPSA) is 55.6 Å². The summed E-state index contributed by atoms with van der Waals surface area (Å²) in [6, 6.07) is 2.51. The molecule has 100 valence electrons. The number of anilines is 1. The third-order valence-electron chi connectivity index (χ3n) is 3.56. The predicted molar refractivity (Wildman–Crippen MR) is 74.4 cm³/mol. The molecule has 3 rings (SSSR count). The Morgan fingerprint density at radius 3 is 2.79 bits per heavy atom. The summed E-state index contributed by atoms with van der Waals surface area (Å²) < 4.78 is 1.78. The third kappa shape index (κ3) is 2.92. The van der Waals surface area contributed by atoms with Crippen LogP contribution in [0.5, 0.6) is 0 Å². The molecular formula is C14H19N5. The molecule has 0 amide bonds. The molecule has 0 unspecified atom stereocenters. The van der Waals surface area contributed by atoms with Crippen molar-refractivity contribution in [3.05, 3.63) is 30.4 Å². The summed E-state index contributed by atoms with van der Waals surface area (Å²) in [7, 11) is 0. The second-order valence-electron chi connectivity index (χ2n) is 5.20. The van der Waals surface area contributed by atoms with Crippen LogP contribution in [0.2, 0.25) is 0 Å². The van der Waals surface area contributed by atoms with Gasteiger partial charge in [-0.1, -0.05) is 19.3 Å². The number of rotatable bonds is 3. The molecular weight excluding hydrogens is 238 g/mol. The van der Waals surface area contributed by atoms with Gasteiger partial charge in [-0.3, -0.25) is 0 Å². The molecule has 1 saturated carbocycles. The number of aryl methyl sites for hydroxylation is 1. The zero-order chi connectivity index (χ0) is 13.1. The molecule has 0 bridgehead atoms. The Morgan fingerprint density at radius 1 is 1.21 bits per heavy atom. The lowest BCUT2D eigenvalue weighted by molar-refractivity contribution is 0.462. The molecule has 0 radical (unpaired) electrons. The van der Waals surface area contributed by atoms with E-state index in [1.54, 1.807) is 11.0 Å². The smallest absolute Gasteiger partial charge is 0.158 e. The minimum atomic E-state index is 0.552. The van der Waals surface area contributed by atoms with Gasteiger partial charge in [0.25, 0.3) is 0 Å². The van der Waals surface area contributed by atoms with E-state index in [2.05, 4.69) is 20.4 Å². The lowest BCUT2D eigenvalue weighted by Crippen LogP contribution is -2.23. The average Bonchev–Trinajstić information content (AvgIpc) is 2.87. The van der Waals surface area contributed by atoms with E-state index in [9.17, 15) is 0 Å². The Morgan fingerprint density at radius 2 is 2.05 bits per heavy atom. The van der Waals surface area contributed by atoms with Gasteiger partial charge >= 0.3 is 0 Å². The summed E-state index contributed by atoms with van der Waals surface area (Å²) in [5, 5.41) is 7.78. The first-order valence-electron chi connectivity index (χ1n) is 6.91. The Kier molecular flexibility index (Phi) is 3.44. The van der Waals surface area contributed by atoms with Gasteiger partial charge in [-0.2, -0.15) is 5.10 Å². The number of nitrogens with one attached hydrogen (secondary N) is 1. The second-order valence-corrected chi connectivity index (χ2v) is 5.20. The van der Waals surface area contributed by atoms with Crippen molar-refractivity contribution in [2.75, 3.05) is 5.32 Å². The van der Waals surface area contributed by atoms with E-state index in [0.29, 0.717) is 6.04 Å². The van der Waals surface area contributed by atoms with Crippen LogP contribution in [0.4, 0.5) is 5.82 Å². The molecule has 0 aliphatic heterocycles. The first kappa shape index (κ1) is 12.1. The fourth-order valence-electron chi connectivity index (χ4n) is 2.55. The van der Waals surface area contributed by atoms with Crippen LogP contribution in [0, 0.1) is 6.92 Å². The summed E-state index contributed by atoms with van der Waals surface area (Å²) >= 11 is 0. The van der Waals surface area contributed by atoms with Crippen molar-refractivity contribution >= 4 is 5.82 Å². The SMILES string of the molecule is Cc1cnn(-c2cc(NC3CCCCC3)ncn2)c1. The summed E-state index contributed by atoms with van der Waals surface area (Å²) in [4.78, 5) is 8.57. The highest BCUT2D eigenvalue weighted by molar-refractivity contribution is 5.41. The van der Waals surface area contributed by atoms with Gasteiger partial charge in [0.15, 0.2) is 5.82 Å². The highest BCUT2D eigenvalue weighted by atomic mass is 15.3. The van der Waals surface area contributed by atoms with Crippen molar-refractivity contribution < 1.29 is 0 Å². The average molecular weight is 257 g/mol. The van der Waals surface area contributed by atoms with E-state index in [1.165, 1.54) is 32.1 Å². The molecule has 0 atom stereocenters. The minimum absolute atomic E-state index is 0.552. The van der Waals surface area contributed by atoms with Crippen LogP contribution < -0.4 is 5.32 Å². The van der Waals surface area contributed by atoms with Gasteiger partial charge in [0.1, 0.15) is 12.1 Å². The van der Waals surface area contributed by atoms with E-state index in [1.807, 2.05) is 25.4 Å². The monoisotopic (exact) mass is 257 g/mol. The van der Waals surface area contributed by atoms with Crippen molar-refractivity contribution in [3.63, 3.8) is 0 Å². The Labute approximate surface area is 113 Å². The molecule has 1 aliphatic carbocycles. The third-order valence-corrected chi connectivity index (χ3v) is 3.56. The molecule has 0 spiro atoms. The summed E-state index contributed by atoms with van der Waals surface area (Å²) in [6.45, 7) is 2.02. The Bertz CT molecular complexity index is 542. The number of nitrogens with zero attached hydrogens (tertiary/aromatic N) is 4. The van der Waals surface area contributed by atoms with Crippen LogP contribution in [0.25, 0.3) is 5.82 Å². The van der Waals surface area contributed by atoms with Gasteiger partial charge in [-0.25, -0.2) is 14.6 Å². The second kappa shape index (κ2) is 5.38. The first-order valence-corrected chi connectivity index (χ1v) is 6.91. The lowest BCUT2D eigenvalue weighted by atomic mass is 9.95. The molecule has 0 saturated heterocycles. The van der Waals surface area contributed by atoms with Crippen LogP contribution >= 0.6 is 0 Å². The van der Waals surface area contributed by atoms with Crippen molar-refractivity contribution in [1.29, 1.82) is 0 Å². The maximum atomic E-state index is 4.30. The largest absolute Gasteiger partial charge is 0.367 e. The van der Waals surface area contributed by atoms with Crippen LogP contribution in [-0.2, 0) is 0 Å². The lowest BCUT2D eigenvalue weighted by Gasteiger charge is -2.23. The zero-order valence-corrected chi connectivity index (χ0v) is 11.2. The maximum absolute atomic E-state index is 4.30. The standard InChI is InChI=1S/C14H19N5/c1-11-8-17-19(9-11)14-7-13(15-10-16-14)18-12-5-3-2-4-6-12/h7-10,12H,2-6H2,1H3,(H,15,16,18). The minimum Gasteiger partial charge on any atom is -0.367 e. The number of hydrogen-bond acceptors (Lipinski definition) is 4. The van der Waals surface area contributed by atoms with Crippen LogP contribution in [0.1, 0.15) is 37.7 Å². The molecule has 5 nitrogen and oxygen atoms in total. The van der Waals surface area contributed by atoms with Gasteiger partial charge in [0, 0.05) is 18.3 Å². The van der Waals surface area contributed by atoms with E-state index in [-0.39, 0.29) is 0 Å². The quantitative estimate of drug-likeness (QED) is 0.918. The van der Waals surface area contributed by atoms with E-state index < -0.39 is 0 Å². The van der Waals surface area contributed by atoms with Crippen molar-refractivity contribution in [1.82, 2.24) is 19.7 Å². The molecule has 2 heterocycles. The van der Waals surface area contributed by atoms with E-state index in [4.69, 9.17) is 0 Å². The van der Waals surface area contributed by atoms with Crippen molar-refractivity contribution in [3.8, 4) is 5.82 Å². The molecule has 2 aromatic rings. The van der Waals surface area contributed by atoms with Crippen LogP contribution in [0.3, 0.4) is 0 Å². The number of aromatic nitrogens is 4.